The van der Waals surface area contributed by atoms with Crippen LogP contribution in [0.2, 0.25) is 0 Å². The summed E-state index contributed by atoms with van der Waals surface area (Å²) in [4.78, 5) is 38.8. The van der Waals surface area contributed by atoms with Crippen molar-refractivity contribution in [1.82, 2.24) is 10.2 Å². The standard InChI is InChI=1S/C20H28N2O3/c1-11(2)9-20(7)18(24)22(19(25)21-20)10-17(23)16-8-12(3)13(4)14(5)15(16)6/h8,11H,9-10H2,1-7H3,(H,21,25)/t20-/m1/s1. The molecule has 1 atom stereocenters. The molecule has 1 fully saturated rings. The van der Waals surface area contributed by atoms with Crippen LogP contribution in [-0.2, 0) is 4.79 Å². The van der Waals surface area contributed by atoms with Gasteiger partial charge in [-0.05, 0) is 75.3 Å². The molecule has 0 saturated carbocycles. The second kappa shape index (κ2) is 6.62. The van der Waals surface area contributed by atoms with Crippen LogP contribution in [0, 0.1) is 33.6 Å². The number of carbonyl (C=O) groups is 3. The van der Waals surface area contributed by atoms with E-state index in [0.717, 1.165) is 27.2 Å². The van der Waals surface area contributed by atoms with Gasteiger partial charge in [-0.15, -0.1) is 0 Å². The van der Waals surface area contributed by atoms with Crippen LogP contribution in [0.3, 0.4) is 0 Å². The number of hydrogen-bond donors (Lipinski definition) is 1. The van der Waals surface area contributed by atoms with Gasteiger partial charge in [-0.1, -0.05) is 13.8 Å². The number of ketones is 1. The highest BCUT2D eigenvalue weighted by molar-refractivity contribution is 6.11. The lowest BCUT2D eigenvalue weighted by Crippen LogP contribution is -2.45. The van der Waals surface area contributed by atoms with E-state index in [1.807, 2.05) is 47.6 Å². The van der Waals surface area contributed by atoms with Crippen LogP contribution >= 0.6 is 0 Å². The van der Waals surface area contributed by atoms with E-state index in [1.54, 1.807) is 6.92 Å². The first kappa shape index (κ1) is 19.2. The second-order valence-electron chi connectivity index (χ2n) is 7.79. The Morgan fingerprint density at radius 1 is 1.12 bits per heavy atom. The Hall–Kier alpha value is -2.17. The molecule has 0 spiro atoms. The van der Waals surface area contributed by atoms with E-state index < -0.39 is 11.6 Å². The summed E-state index contributed by atoms with van der Waals surface area (Å²) in [6.45, 7) is 13.4. The largest absolute Gasteiger partial charge is 0.325 e. The van der Waals surface area contributed by atoms with Gasteiger partial charge >= 0.3 is 6.03 Å². The van der Waals surface area contributed by atoms with E-state index in [9.17, 15) is 14.4 Å². The lowest BCUT2D eigenvalue weighted by molar-refractivity contribution is -0.131. The van der Waals surface area contributed by atoms with Crippen molar-refractivity contribution in [3.8, 4) is 0 Å². The first-order chi connectivity index (χ1) is 11.5. The SMILES string of the molecule is Cc1cc(C(=O)CN2C(=O)N[C@](C)(CC(C)C)C2=O)c(C)c(C)c1C. The lowest BCUT2D eigenvalue weighted by Gasteiger charge is -2.23. The van der Waals surface area contributed by atoms with Gasteiger partial charge in [-0.3, -0.25) is 14.5 Å². The zero-order valence-electron chi connectivity index (χ0n) is 16.2. The van der Waals surface area contributed by atoms with Crippen molar-refractivity contribution in [1.29, 1.82) is 0 Å². The highest BCUT2D eigenvalue weighted by Crippen LogP contribution is 2.26. The van der Waals surface area contributed by atoms with E-state index in [0.29, 0.717) is 12.0 Å². The van der Waals surface area contributed by atoms with Gasteiger partial charge in [-0.2, -0.15) is 0 Å². The summed E-state index contributed by atoms with van der Waals surface area (Å²) >= 11 is 0. The van der Waals surface area contributed by atoms with Gasteiger partial charge in [-0.25, -0.2) is 4.79 Å². The third-order valence-electron chi connectivity index (χ3n) is 5.25. The average molecular weight is 344 g/mol. The van der Waals surface area contributed by atoms with Crippen molar-refractivity contribution in [3.05, 3.63) is 33.9 Å². The fraction of sp³-hybridized carbons (Fsp3) is 0.550. The fourth-order valence-electron chi connectivity index (χ4n) is 3.58. The molecular formula is C20H28N2O3. The quantitative estimate of drug-likeness (QED) is 0.657. The number of imide groups is 1. The number of urea groups is 1. The molecule has 3 amide bonds. The van der Waals surface area contributed by atoms with Gasteiger partial charge < -0.3 is 5.32 Å². The zero-order valence-corrected chi connectivity index (χ0v) is 16.2. The van der Waals surface area contributed by atoms with Gasteiger partial charge in [0.05, 0.1) is 6.54 Å². The van der Waals surface area contributed by atoms with E-state index >= 15 is 0 Å². The van der Waals surface area contributed by atoms with Crippen molar-refractivity contribution in [2.75, 3.05) is 6.54 Å². The molecule has 0 bridgehead atoms. The molecule has 0 aromatic heterocycles. The molecular weight excluding hydrogens is 316 g/mol. The number of carbonyl (C=O) groups excluding carboxylic acids is 3. The molecule has 1 aliphatic rings. The van der Waals surface area contributed by atoms with Crippen LogP contribution < -0.4 is 5.32 Å². The summed E-state index contributed by atoms with van der Waals surface area (Å²) in [5.41, 5.74) is 3.83. The van der Waals surface area contributed by atoms with Crippen LogP contribution in [0.15, 0.2) is 6.07 Å². The van der Waals surface area contributed by atoms with Crippen LogP contribution in [0.1, 0.15) is 59.8 Å². The Balaban J connectivity index is 2.27. The third-order valence-corrected chi connectivity index (χ3v) is 5.25. The molecule has 0 radical (unpaired) electrons. The molecule has 5 heteroatoms. The maximum atomic E-state index is 12.8. The summed E-state index contributed by atoms with van der Waals surface area (Å²) in [5.74, 6) is -0.270. The molecule has 1 aliphatic heterocycles. The minimum Gasteiger partial charge on any atom is -0.323 e. The lowest BCUT2D eigenvalue weighted by atomic mass is 9.90. The Kier molecular flexibility index (Phi) is 5.07. The van der Waals surface area contributed by atoms with Gasteiger partial charge in [0.15, 0.2) is 5.78 Å². The second-order valence-corrected chi connectivity index (χ2v) is 7.79. The minimum absolute atomic E-state index is 0.207. The predicted molar refractivity (Wildman–Crippen MR) is 97.8 cm³/mol. The van der Waals surface area contributed by atoms with E-state index in [2.05, 4.69) is 5.32 Å². The molecule has 5 nitrogen and oxygen atoms in total. The molecule has 0 aliphatic carbocycles. The summed E-state index contributed by atoms with van der Waals surface area (Å²) < 4.78 is 0. The highest BCUT2D eigenvalue weighted by atomic mass is 16.2. The fourth-order valence-corrected chi connectivity index (χ4v) is 3.58. The van der Waals surface area contributed by atoms with Gasteiger partial charge in [0.25, 0.3) is 5.91 Å². The van der Waals surface area contributed by atoms with Crippen LogP contribution in [0.5, 0.6) is 0 Å². The van der Waals surface area contributed by atoms with E-state index in [1.165, 1.54) is 0 Å². The monoisotopic (exact) mass is 344 g/mol. The first-order valence-electron chi connectivity index (χ1n) is 8.72. The molecule has 25 heavy (non-hydrogen) atoms. The maximum Gasteiger partial charge on any atom is 0.325 e. The number of Topliss-reactive ketones (excluding diaryl/α,β-unsaturated/α-hetero) is 1. The zero-order chi connectivity index (χ0) is 19.1. The first-order valence-corrected chi connectivity index (χ1v) is 8.72. The molecule has 1 heterocycles. The Labute approximate surface area is 149 Å². The number of nitrogens with one attached hydrogen (secondary N) is 1. The van der Waals surface area contributed by atoms with Crippen molar-refractivity contribution >= 4 is 17.7 Å². The molecule has 1 aromatic carbocycles. The number of aryl methyl sites for hydroxylation is 1. The number of amides is 3. The summed E-state index contributed by atoms with van der Waals surface area (Å²) in [5, 5.41) is 2.75. The van der Waals surface area contributed by atoms with E-state index in [-0.39, 0.29) is 24.2 Å². The molecule has 2 rings (SSSR count). The number of nitrogens with zero attached hydrogens (tertiary/aromatic N) is 1. The normalized spacial score (nSPS) is 20.4. The van der Waals surface area contributed by atoms with Crippen LogP contribution in [-0.4, -0.2) is 34.7 Å². The number of rotatable bonds is 5. The van der Waals surface area contributed by atoms with Crippen LogP contribution in [0.4, 0.5) is 4.79 Å². The van der Waals surface area contributed by atoms with Crippen molar-refractivity contribution in [2.24, 2.45) is 5.92 Å². The topological polar surface area (TPSA) is 66.5 Å². The molecule has 136 valence electrons. The third kappa shape index (κ3) is 3.46. The van der Waals surface area contributed by atoms with Crippen molar-refractivity contribution < 1.29 is 14.4 Å². The summed E-state index contributed by atoms with van der Waals surface area (Å²) in [6, 6.07) is 1.37. The average Bonchev–Trinajstić information content (AvgIpc) is 2.71. The maximum absolute atomic E-state index is 12.8. The minimum atomic E-state index is -0.931. The molecule has 0 unspecified atom stereocenters. The van der Waals surface area contributed by atoms with Gasteiger partial charge in [0.1, 0.15) is 5.54 Å². The number of hydrogen-bond acceptors (Lipinski definition) is 3. The van der Waals surface area contributed by atoms with E-state index in [4.69, 9.17) is 0 Å². The Morgan fingerprint density at radius 2 is 1.72 bits per heavy atom. The van der Waals surface area contributed by atoms with Crippen molar-refractivity contribution in [2.45, 2.75) is 60.4 Å². The Morgan fingerprint density at radius 3 is 2.28 bits per heavy atom. The summed E-state index contributed by atoms with van der Waals surface area (Å²) in [6.07, 6.45) is 0.546. The summed E-state index contributed by atoms with van der Waals surface area (Å²) in [7, 11) is 0. The smallest absolute Gasteiger partial charge is 0.323 e. The predicted octanol–water partition coefficient (Wildman–Crippen LogP) is 3.46. The van der Waals surface area contributed by atoms with Crippen LogP contribution in [0.25, 0.3) is 0 Å². The van der Waals surface area contributed by atoms with Crippen molar-refractivity contribution in [3.63, 3.8) is 0 Å². The molecule has 1 N–H and O–H groups in total. The molecule has 1 saturated heterocycles. The number of benzene rings is 1. The Bertz CT molecular complexity index is 752. The van der Waals surface area contributed by atoms with Gasteiger partial charge in [0, 0.05) is 5.56 Å². The molecule has 1 aromatic rings. The van der Waals surface area contributed by atoms with Gasteiger partial charge in [0.2, 0.25) is 0 Å². The highest BCUT2D eigenvalue weighted by Gasteiger charge is 2.48.